The highest BCUT2D eigenvalue weighted by Gasteiger charge is 2.19. The summed E-state index contributed by atoms with van der Waals surface area (Å²) in [6.07, 6.45) is 0.970. The first-order valence-electron chi connectivity index (χ1n) is 8.21. The molecular weight excluding hydrogens is 414 g/mol. The van der Waals surface area contributed by atoms with Gasteiger partial charge < -0.3 is 9.73 Å². The van der Waals surface area contributed by atoms with E-state index in [0.29, 0.717) is 11.1 Å². The second-order valence-corrected chi connectivity index (χ2v) is 7.89. The van der Waals surface area contributed by atoms with Crippen LogP contribution in [0.25, 0.3) is 11.5 Å². The summed E-state index contributed by atoms with van der Waals surface area (Å²) in [6, 6.07) is 15.5. The maximum atomic E-state index is 12.4. The lowest BCUT2D eigenvalue weighted by Gasteiger charge is -2.10. The fraction of sp³-hybridized carbons (Fsp3) is 0.211. The van der Waals surface area contributed by atoms with E-state index in [4.69, 9.17) is 4.42 Å². The Bertz CT molecular complexity index is 896. The molecule has 0 aliphatic heterocycles. The van der Waals surface area contributed by atoms with Crippen molar-refractivity contribution < 1.29 is 9.21 Å². The average molecular weight is 432 g/mol. The number of carbonyl (C=O) groups excluding carboxylic acids is 1. The molecule has 0 aliphatic carbocycles. The fourth-order valence-corrected chi connectivity index (χ4v) is 3.35. The number of hydrogen-bond donors (Lipinski definition) is 1. The van der Waals surface area contributed by atoms with Gasteiger partial charge in [-0.2, -0.15) is 0 Å². The van der Waals surface area contributed by atoms with E-state index in [2.05, 4.69) is 38.4 Å². The third-order valence-corrected chi connectivity index (χ3v) is 5.18. The number of anilines is 1. The Morgan fingerprint density at radius 1 is 1.23 bits per heavy atom. The molecule has 1 atom stereocenters. The summed E-state index contributed by atoms with van der Waals surface area (Å²) < 4.78 is 6.60. The van der Waals surface area contributed by atoms with E-state index in [1.54, 1.807) is 0 Å². The minimum Gasteiger partial charge on any atom is -0.411 e. The Labute approximate surface area is 164 Å². The number of carbonyl (C=O) groups is 1. The number of nitrogens with zero attached hydrogens (tertiary/aromatic N) is 2. The summed E-state index contributed by atoms with van der Waals surface area (Å²) in [7, 11) is 0. The number of rotatable bonds is 6. The van der Waals surface area contributed by atoms with Crippen LogP contribution in [0.3, 0.4) is 0 Å². The summed E-state index contributed by atoms with van der Waals surface area (Å²) in [5, 5.41) is 11.0. The van der Waals surface area contributed by atoms with E-state index in [1.165, 1.54) is 17.3 Å². The molecule has 0 saturated carbocycles. The van der Waals surface area contributed by atoms with Crippen LogP contribution in [-0.4, -0.2) is 21.4 Å². The molecule has 0 saturated heterocycles. The molecule has 3 rings (SSSR count). The van der Waals surface area contributed by atoms with E-state index >= 15 is 0 Å². The lowest BCUT2D eigenvalue weighted by Crippen LogP contribution is -2.22. The number of aromatic nitrogens is 2. The van der Waals surface area contributed by atoms with Crippen molar-refractivity contribution in [1.82, 2.24) is 10.2 Å². The van der Waals surface area contributed by atoms with Gasteiger partial charge >= 0.3 is 0 Å². The molecule has 7 heteroatoms. The topological polar surface area (TPSA) is 68.0 Å². The molecule has 0 fully saturated rings. The van der Waals surface area contributed by atoms with E-state index in [9.17, 15) is 4.79 Å². The Hall–Kier alpha value is -2.12. The summed E-state index contributed by atoms with van der Waals surface area (Å²) in [5.41, 5.74) is 2.84. The van der Waals surface area contributed by atoms with Crippen LogP contribution < -0.4 is 5.32 Å². The van der Waals surface area contributed by atoms with Gasteiger partial charge in [0.25, 0.3) is 5.22 Å². The van der Waals surface area contributed by atoms with Crippen molar-refractivity contribution in [1.29, 1.82) is 0 Å². The van der Waals surface area contributed by atoms with E-state index in [-0.39, 0.29) is 11.2 Å². The molecule has 3 aromatic rings. The highest BCUT2D eigenvalue weighted by atomic mass is 79.9. The van der Waals surface area contributed by atoms with Crippen LogP contribution in [0, 0.1) is 0 Å². The summed E-state index contributed by atoms with van der Waals surface area (Å²) in [4.78, 5) is 12.4. The van der Waals surface area contributed by atoms with Gasteiger partial charge in [0.15, 0.2) is 0 Å². The summed E-state index contributed by atoms with van der Waals surface area (Å²) >= 11 is 4.65. The van der Waals surface area contributed by atoms with Crippen molar-refractivity contribution in [3.8, 4) is 11.5 Å². The van der Waals surface area contributed by atoms with Crippen LogP contribution in [-0.2, 0) is 11.2 Å². The SMILES string of the molecule is CCc1ccc(NC(=O)[C@H](C)Sc2nnc(-c3cccc(Br)c3)o2)cc1. The molecule has 1 N–H and O–H groups in total. The van der Waals surface area contributed by atoms with Gasteiger partial charge in [0.1, 0.15) is 0 Å². The zero-order valence-electron chi connectivity index (χ0n) is 14.4. The molecule has 134 valence electrons. The number of amides is 1. The number of nitrogens with one attached hydrogen (secondary N) is 1. The zero-order chi connectivity index (χ0) is 18.5. The first kappa shape index (κ1) is 18.7. The monoisotopic (exact) mass is 431 g/mol. The Kier molecular flexibility index (Phi) is 6.11. The molecule has 1 heterocycles. The third kappa shape index (κ3) is 4.74. The van der Waals surface area contributed by atoms with Crippen LogP contribution in [0.4, 0.5) is 5.69 Å². The van der Waals surface area contributed by atoms with Gasteiger partial charge in [0.05, 0.1) is 5.25 Å². The number of halogens is 1. The van der Waals surface area contributed by atoms with E-state index in [1.807, 2.05) is 55.5 Å². The second kappa shape index (κ2) is 8.51. The molecule has 26 heavy (non-hydrogen) atoms. The molecule has 0 spiro atoms. The average Bonchev–Trinajstić information content (AvgIpc) is 3.11. The highest BCUT2D eigenvalue weighted by molar-refractivity contribution is 9.10. The van der Waals surface area contributed by atoms with Crippen LogP contribution in [0.5, 0.6) is 0 Å². The van der Waals surface area contributed by atoms with Gasteiger partial charge in [-0.05, 0) is 49.2 Å². The predicted octanol–water partition coefficient (Wildman–Crippen LogP) is 5.18. The standard InChI is InChI=1S/C19H18BrN3O2S/c1-3-13-7-9-16(10-8-13)21-17(24)12(2)26-19-23-22-18(25-19)14-5-4-6-15(20)11-14/h4-12H,3H2,1-2H3,(H,21,24)/t12-/m0/s1. The molecule has 1 amide bonds. The largest absolute Gasteiger partial charge is 0.411 e. The van der Waals surface area contributed by atoms with E-state index < -0.39 is 0 Å². The molecule has 0 aliphatic rings. The highest BCUT2D eigenvalue weighted by Crippen LogP contribution is 2.28. The van der Waals surface area contributed by atoms with Crippen molar-refractivity contribution in [2.24, 2.45) is 0 Å². The van der Waals surface area contributed by atoms with Crippen molar-refractivity contribution in [2.45, 2.75) is 30.7 Å². The first-order chi connectivity index (χ1) is 12.5. The van der Waals surface area contributed by atoms with Crippen LogP contribution in [0.1, 0.15) is 19.4 Å². The van der Waals surface area contributed by atoms with Gasteiger partial charge in [-0.15, -0.1) is 10.2 Å². The van der Waals surface area contributed by atoms with Crippen molar-refractivity contribution in [3.05, 3.63) is 58.6 Å². The maximum absolute atomic E-state index is 12.4. The molecule has 5 nitrogen and oxygen atoms in total. The normalized spacial score (nSPS) is 12.0. The summed E-state index contributed by atoms with van der Waals surface area (Å²) in [6.45, 7) is 3.91. The molecule has 2 aromatic carbocycles. The minimum absolute atomic E-state index is 0.110. The van der Waals surface area contributed by atoms with E-state index in [0.717, 1.165) is 22.1 Å². The van der Waals surface area contributed by atoms with Gasteiger partial charge in [-0.25, -0.2) is 0 Å². The lowest BCUT2D eigenvalue weighted by molar-refractivity contribution is -0.115. The van der Waals surface area contributed by atoms with Gasteiger partial charge in [-0.3, -0.25) is 4.79 Å². The van der Waals surface area contributed by atoms with Crippen molar-refractivity contribution in [3.63, 3.8) is 0 Å². The van der Waals surface area contributed by atoms with Crippen molar-refractivity contribution in [2.75, 3.05) is 5.32 Å². The second-order valence-electron chi connectivity index (χ2n) is 5.68. The number of benzene rings is 2. The molecule has 1 aromatic heterocycles. The smallest absolute Gasteiger partial charge is 0.277 e. The fourth-order valence-electron chi connectivity index (χ4n) is 2.27. The predicted molar refractivity (Wildman–Crippen MR) is 107 cm³/mol. The quantitative estimate of drug-likeness (QED) is 0.544. The van der Waals surface area contributed by atoms with Crippen LogP contribution >= 0.6 is 27.7 Å². The zero-order valence-corrected chi connectivity index (χ0v) is 16.8. The van der Waals surface area contributed by atoms with Gasteiger partial charge in [-0.1, -0.05) is 52.8 Å². The molecule has 0 bridgehead atoms. The Morgan fingerprint density at radius 2 is 2.00 bits per heavy atom. The van der Waals surface area contributed by atoms with Crippen molar-refractivity contribution >= 4 is 39.3 Å². The lowest BCUT2D eigenvalue weighted by atomic mass is 10.1. The first-order valence-corrected chi connectivity index (χ1v) is 9.88. The number of aryl methyl sites for hydroxylation is 1. The van der Waals surface area contributed by atoms with Crippen LogP contribution in [0.15, 0.2) is 62.6 Å². The number of hydrogen-bond acceptors (Lipinski definition) is 5. The molecule has 0 unspecified atom stereocenters. The Balaban J connectivity index is 1.62. The van der Waals surface area contributed by atoms with Gasteiger partial charge in [0, 0.05) is 15.7 Å². The molecular formula is C19H18BrN3O2S. The number of thioether (sulfide) groups is 1. The minimum atomic E-state index is -0.364. The third-order valence-electron chi connectivity index (χ3n) is 3.75. The molecule has 0 radical (unpaired) electrons. The Morgan fingerprint density at radius 3 is 2.69 bits per heavy atom. The van der Waals surface area contributed by atoms with Gasteiger partial charge in [0.2, 0.25) is 11.8 Å². The maximum Gasteiger partial charge on any atom is 0.277 e. The summed E-state index contributed by atoms with van der Waals surface area (Å²) in [5.74, 6) is 0.318. The van der Waals surface area contributed by atoms with Crippen LogP contribution in [0.2, 0.25) is 0 Å².